The third kappa shape index (κ3) is 4.09. The number of hydrogen-bond acceptors (Lipinski definition) is 2. The van der Waals surface area contributed by atoms with E-state index in [2.05, 4.69) is 18.3 Å². The molecule has 0 fully saturated rings. The van der Waals surface area contributed by atoms with Gasteiger partial charge >= 0.3 is 0 Å². The molecular formula is C18H21NO2. The Hall–Kier alpha value is -2.29. The summed E-state index contributed by atoms with van der Waals surface area (Å²) >= 11 is 0. The summed E-state index contributed by atoms with van der Waals surface area (Å²) in [6.45, 7) is 7.04. The lowest BCUT2D eigenvalue weighted by Crippen LogP contribution is -2.28. The second kappa shape index (κ2) is 6.93. The summed E-state index contributed by atoms with van der Waals surface area (Å²) in [5.74, 6) is 0.805. The molecule has 0 saturated heterocycles. The lowest BCUT2D eigenvalue weighted by molar-refractivity contribution is 0.0947. The van der Waals surface area contributed by atoms with Crippen LogP contribution in [0.2, 0.25) is 0 Å². The van der Waals surface area contributed by atoms with Crippen LogP contribution < -0.4 is 10.1 Å². The first-order valence-electron chi connectivity index (χ1n) is 7.12. The van der Waals surface area contributed by atoms with E-state index in [0.717, 1.165) is 16.9 Å². The van der Waals surface area contributed by atoms with Crippen LogP contribution in [0.15, 0.2) is 42.5 Å². The first-order valence-corrected chi connectivity index (χ1v) is 7.12. The normalized spacial score (nSPS) is 10.2. The maximum Gasteiger partial charge on any atom is 0.251 e. The molecule has 2 rings (SSSR count). The predicted molar refractivity (Wildman–Crippen MR) is 84.9 cm³/mol. The largest absolute Gasteiger partial charge is 0.491 e. The van der Waals surface area contributed by atoms with E-state index in [1.54, 1.807) is 0 Å². The van der Waals surface area contributed by atoms with E-state index >= 15 is 0 Å². The molecule has 0 heterocycles. The zero-order valence-electron chi connectivity index (χ0n) is 12.8. The Labute approximate surface area is 126 Å². The van der Waals surface area contributed by atoms with Gasteiger partial charge in [0.25, 0.3) is 5.91 Å². The molecule has 0 aromatic heterocycles. The molecule has 1 N–H and O–H groups in total. The third-order valence-electron chi connectivity index (χ3n) is 3.51. The van der Waals surface area contributed by atoms with Crippen molar-refractivity contribution in [2.75, 3.05) is 13.2 Å². The van der Waals surface area contributed by atoms with Crippen LogP contribution in [0.4, 0.5) is 0 Å². The lowest BCUT2D eigenvalue weighted by atomic mass is 10.1. The fourth-order valence-corrected chi connectivity index (χ4v) is 2.01. The highest BCUT2D eigenvalue weighted by atomic mass is 16.5. The highest BCUT2D eigenvalue weighted by Gasteiger charge is 2.05. The van der Waals surface area contributed by atoms with Crippen molar-refractivity contribution in [3.8, 4) is 5.75 Å². The fraction of sp³-hybridized carbons (Fsp3) is 0.278. The van der Waals surface area contributed by atoms with Gasteiger partial charge in [-0.1, -0.05) is 29.8 Å². The Bertz CT molecular complexity index is 618. The molecule has 3 nitrogen and oxygen atoms in total. The van der Waals surface area contributed by atoms with Gasteiger partial charge in [0, 0.05) is 5.56 Å². The minimum Gasteiger partial charge on any atom is -0.491 e. The highest BCUT2D eigenvalue weighted by Crippen LogP contribution is 2.20. The van der Waals surface area contributed by atoms with Gasteiger partial charge in [-0.15, -0.1) is 0 Å². The minimum atomic E-state index is -0.0698. The van der Waals surface area contributed by atoms with Crippen molar-refractivity contribution in [3.63, 3.8) is 0 Å². The maximum atomic E-state index is 11.9. The number of hydrogen-bond donors (Lipinski definition) is 1. The van der Waals surface area contributed by atoms with Crippen LogP contribution in [0.5, 0.6) is 5.75 Å². The van der Waals surface area contributed by atoms with Gasteiger partial charge in [0.1, 0.15) is 12.4 Å². The second-order valence-corrected chi connectivity index (χ2v) is 5.17. The summed E-state index contributed by atoms with van der Waals surface area (Å²) in [7, 11) is 0. The van der Waals surface area contributed by atoms with Gasteiger partial charge in [-0.25, -0.2) is 0 Å². The molecule has 1 amide bonds. The van der Waals surface area contributed by atoms with Crippen LogP contribution in [0.1, 0.15) is 27.0 Å². The summed E-state index contributed by atoms with van der Waals surface area (Å²) in [4.78, 5) is 11.9. The zero-order chi connectivity index (χ0) is 15.2. The Morgan fingerprint density at radius 1 is 1.05 bits per heavy atom. The molecule has 0 aliphatic carbocycles. The topological polar surface area (TPSA) is 38.3 Å². The monoisotopic (exact) mass is 283 g/mol. The van der Waals surface area contributed by atoms with Gasteiger partial charge in [0.15, 0.2) is 0 Å². The molecular weight excluding hydrogens is 262 g/mol. The molecule has 0 bridgehead atoms. The van der Waals surface area contributed by atoms with E-state index in [0.29, 0.717) is 18.7 Å². The van der Waals surface area contributed by atoms with Crippen LogP contribution in [0.25, 0.3) is 0 Å². The lowest BCUT2D eigenvalue weighted by Gasteiger charge is -2.11. The molecule has 0 radical (unpaired) electrons. The minimum absolute atomic E-state index is 0.0698. The first kappa shape index (κ1) is 15.1. The predicted octanol–water partition coefficient (Wildman–Crippen LogP) is 3.42. The van der Waals surface area contributed by atoms with E-state index in [1.807, 2.05) is 50.2 Å². The zero-order valence-corrected chi connectivity index (χ0v) is 12.8. The van der Waals surface area contributed by atoms with Crippen LogP contribution in [0.3, 0.4) is 0 Å². The Morgan fingerprint density at radius 2 is 1.76 bits per heavy atom. The number of nitrogens with one attached hydrogen (secondary N) is 1. The second-order valence-electron chi connectivity index (χ2n) is 5.17. The van der Waals surface area contributed by atoms with Crippen LogP contribution in [0, 0.1) is 20.8 Å². The first-order chi connectivity index (χ1) is 10.1. The number of aryl methyl sites for hydroxylation is 2. The van der Waals surface area contributed by atoms with E-state index < -0.39 is 0 Å². The van der Waals surface area contributed by atoms with Gasteiger partial charge < -0.3 is 10.1 Å². The van der Waals surface area contributed by atoms with Crippen molar-refractivity contribution in [1.82, 2.24) is 5.32 Å². The number of ether oxygens (including phenoxy) is 1. The number of amides is 1. The highest BCUT2D eigenvalue weighted by molar-refractivity contribution is 5.94. The summed E-state index contributed by atoms with van der Waals surface area (Å²) < 4.78 is 5.71. The molecule has 0 atom stereocenters. The van der Waals surface area contributed by atoms with Gasteiger partial charge in [-0.2, -0.15) is 0 Å². The van der Waals surface area contributed by atoms with Gasteiger partial charge in [0.2, 0.25) is 0 Å². The Morgan fingerprint density at radius 3 is 2.48 bits per heavy atom. The number of rotatable bonds is 5. The van der Waals surface area contributed by atoms with E-state index in [9.17, 15) is 4.79 Å². The molecule has 0 unspecified atom stereocenters. The standard InChI is InChI=1S/C18H21NO2/c1-13-7-9-16(10-8-13)18(20)19-11-12-21-17-6-4-5-14(2)15(17)3/h4-10H,11-12H2,1-3H3,(H,19,20). The van der Waals surface area contributed by atoms with Crippen molar-refractivity contribution in [2.24, 2.45) is 0 Å². The SMILES string of the molecule is Cc1ccc(C(=O)NCCOc2cccc(C)c2C)cc1. The average molecular weight is 283 g/mol. The molecule has 0 aliphatic rings. The molecule has 110 valence electrons. The summed E-state index contributed by atoms with van der Waals surface area (Å²) in [6, 6.07) is 13.5. The van der Waals surface area contributed by atoms with E-state index in [-0.39, 0.29) is 5.91 Å². The summed E-state index contributed by atoms with van der Waals surface area (Å²) in [6.07, 6.45) is 0. The Kier molecular flexibility index (Phi) is 4.99. The molecule has 0 spiro atoms. The number of benzene rings is 2. The summed E-state index contributed by atoms with van der Waals surface area (Å²) in [5, 5.41) is 2.86. The van der Waals surface area contributed by atoms with Crippen LogP contribution in [-0.2, 0) is 0 Å². The Balaban J connectivity index is 1.80. The fourth-order valence-electron chi connectivity index (χ4n) is 2.01. The van der Waals surface area contributed by atoms with Crippen molar-refractivity contribution < 1.29 is 9.53 Å². The third-order valence-corrected chi connectivity index (χ3v) is 3.51. The van der Waals surface area contributed by atoms with Gasteiger partial charge in [0.05, 0.1) is 6.54 Å². The number of carbonyl (C=O) groups excluding carboxylic acids is 1. The summed E-state index contributed by atoms with van der Waals surface area (Å²) in [5.41, 5.74) is 4.16. The van der Waals surface area contributed by atoms with Gasteiger partial charge in [-0.3, -0.25) is 4.79 Å². The quantitative estimate of drug-likeness (QED) is 0.854. The van der Waals surface area contributed by atoms with Gasteiger partial charge in [-0.05, 0) is 50.1 Å². The molecule has 0 saturated carbocycles. The van der Waals surface area contributed by atoms with Crippen molar-refractivity contribution in [1.29, 1.82) is 0 Å². The smallest absolute Gasteiger partial charge is 0.251 e. The van der Waals surface area contributed by atoms with E-state index in [1.165, 1.54) is 5.56 Å². The average Bonchev–Trinajstić information content (AvgIpc) is 2.48. The molecule has 3 heteroatoms. The van der Waals surface area contributed by atoms with Crippen molar-refractivity contribution >= 4 is 5.91 Å². The molecule has 21 heavy (non-hydrogen) atoms. The van der Waals surface area contributed by atoms with Crippen LogP contribution >= 0.6 is 0 Å². The number of carbonyl (C=O) groups is 1. The van der Waals surface area contributed by atoms with E-state index in [4.69, 9.17) is 4.74 Å². The molecule has 0 aliphatic heterocycles. The van der Waals surface area contributed by atoms with Crippen LogP contribution in [-0.4, -0.2) is 19.1 Å². The molecule has 2 aromatic carbocycles. The maximum absolute atomic E-state index is 11.9. The molecule has 2 aromatic rings. The van der Waals surface area contributed by atoms with Crippen molar-refractivity contribution in [2.45, 2.75) is 20.8 Å². The van der Waals surface area contributed by atoms with Crippen molar-refractivity contribution in [3.05, 3.63) is 64.7 Å².